The van der Waals surface area contributed by atoms with Gasteiger partial charge in [0.05, 0.1) is 23.2 Å². The molecule has 0 bridgehead atoms. The van der Waals surface area contributed by atoms with E-state index in [1.54, 1.807) is 0 Å². The van der Waals surface area contributed by atoms with Crippen LogP contribution in [-0.2, 0) is 22.6 Å². The summed E-state index contributed by atoms with van der Waals surface area (Å²) < 4.78 is 7.70. The molecule has 8 nitrogen and oxygen atoms in total. The molecule has 0 N–H and O–H groups in total. The molecule has 3 aliphatic heterocycles. The first-order valence-electron chi connectivity index (χ1n) is 14.6. The molecule has 0 radical (unpaired) electrons. The summed E-state index contributed by atoms with van der Waals surface area (Å²) >= 11 is 1.51. The Labute approximate surface area is 238 Å². The number of hydrogen-bond acceptors (Lipinski definition) is 6. The molecular weight excluding hydrogens is 524 g/mol. The Morgan fingerprint density at radius 2 is 1.88 bits per heavy atom. The third-order valence-corrected chi connectivity index (χ3v) is 10.5. The Kier molecular flexibility index (Phi) is 7.42. The monoisotopic (exact) mass is 562 g/mol. The van der Waals surface area contributed by atoms with Gasteiger partial charge in [-0.05, 0) is 76.0 Å². The number of aromatic nitrogens is 2. The summed E-state index contributed by atoms with van der Waals surface area (Å²) in [5.74, 6) is 1.10. The van der Waals surface area contributed by atoms with E-state index >= 15 is 0 Å². The third kappa shape index (κ3) is 4.93. The zero-order valence-corrected chi connectivity index (χ0v) is 24.3. The summed E-state index contributed by atoms with van der Waals surface area (Å²) in [6.07, 6.45) is 8.53. The van der Waals surface area contributed by atoms with Gasteiger partial charge < -0.3 is 14.5 Å². The van der Waals surface area contributed by atoms with Gasteiger partial charge in [0.25, 0.3) is 5.56 Å². The number of para-hydroxylation sites is 1. The van der Waals surface area contributed by atoms with Gasteiger partial charge in [-0.2, -0.15) is 0 Å². The van der Waals surface area contributed by atoms with Crippen LogP contribution in [0.5, 0.6) is 5.75 Å². The lowest BCUT2D eigenvalue weighted by Gasteiger charge is -2.44. The quantitative estimate of drug-likeness (QED) is 0.460. The lowest BCUT2D eigenvalue weighted by atomic mass is 9.73. The molecule has 6 rings (SSSR count). The standard InChI is InChI=1S/C31H38N4O4S/c1-21-22(2)40-28-27(21)29(37)34(20-32-28)18-26(36)33-16-13-31(14-17-33)12-6-5-9-23-8-3-4-11-25(23)39-19-24-10-7-15-35(24)30(31)38/h3-4,8,11,20,24H,5-7,9-10,12-19H2,1-2H3/t24-/m0/s1. The smallest absolute Gasteiger partial charge is 0.262 e. The van der Waals surface area contributed by atoms with Crippen LogP contribution in [0.2, 0.25) is 0 Å². The number of carbonyl (C=O) groups excluding carboxylic acids is 2. The normalized spacial score (nSPS) is 21.4. The number of carbonyl (C=O) groups is 2. The van der Waals surface area contributed by atoms with E-state index in [1.807, 2.05) is 30.9 Å². The second-order valence-corrected chi connectivity index (χ2v) is 12.9. The van der Waals surface area contributed by atoms with Gasteiger partial charge in [-0.25, -0.2) is 4.98 Å². The van der Waals surface area contributed by atoms with Crippen molar-refractivity contribution in [2.45, 2.75) is 77.8 Å². The van der Waals surface area contributed by atoms with E-state index in [9.17, 15) is 14.4 Å². The van der Waals surface area contributed by atoms with Gasteiger partial charge in [0, 0.05) is 24.5 Å². The molecule has 9 heteroatoms. The molecule has 0 unspecified atom stereocenters. The lowest BCUT2D eigenvalue weighted by molar-refractivity contribution is -0.150. The second-order valence-electron chi connectivity index (χ2n) is 11.7. The van der Waals surface area contributed by atoms with E-state index < -0.39 is 5.41 Å². The van der Waals surface area contributed by atoms with Crippen LogP contribution in [0.25, 0.3) is 10.2 Å². The largest absolute Gasteiger partial charge is 0.491 e. The van der Waals surface area contributed by atoms with Crippen molar-refractivity contribution in [3.05, 3.63) is 57.0 Å². The molecule has 1 spiro atoms. The van der Waals surface area contributed by atoms with Gasteiger partial charge in [-0.15, -0.1) is 11.3 Å². The molecule has 1 atom stereocenters. The number of hydrogen-bond donors (Lipinski definition) is 0. The zero-order chi connectivity index (χ0) is 27.9. The topological polar surface area (TPSA) is 84.7 Å². The van der Waals surface area contributed by atoms with Crippen molar-refractivity contribution in [2.75, 3.05) is 26.2 Å². The minimum Gasteiger partial charge on any atom is -0.491 e. The van der Waals surface area contributed by atoms with Crippen molar-refractivity contribution in [1.82, 2.24) is 19.4 Å². The molecule has 40 heavy (non-hydrogen) atoms. The highest BCUT2D eigenvalue weighted by Gasteiger charge is 2.46. The van der Waals surface area contributed by atoms with Crippen LogP contribution in [-0.4, -0.2) is 63.4 Å². The predicted octanol–water partition coefficient (Wildman–Crippen LogP) is 4.48. The minimum absolute atomic E-state index is 0.0258. The molecule has 2 saturated heterocycles. The SMILES string of the molecule is Cc1sc2ncn(CC(=O)N3CCC4(CCCCc5ccccc5OC[C@@H]5CCCN5C4=O)CC3)c(=O)c2c1C. The fraction of sp³-hybridized carbons (Fsp3) is 0.548. The van der Waals surface area contributed by atoms with Gasteiger partial charge in [0.1, 0.15) is 23.7 Å². The molecule has 2 amide bonds. The first-order valence-corrected chi connectivity index (χ1v) is 15.4. The van der Waals surface area contributed by atoms with Crippen LogP contribution in [0.3, 0.4) is 0 Å². The maximum atomic E-state index is 14.2. The fourth-order valence-electron chi connectivity index (χ4n) is 6.78. The molecule has 3 aromatic rings. The molecule has 212 valence electrons. The molecule has 3 aliphatic rings. The van der Waals surface area contributed by atoms with E-state index in [-0.39, 0.29) is 30.0 Å². The average Bonchev–Trinajstić information content (AvgIpc) is 3.55. The van der Waals surface area contributed by atoms with E-state index in [0.717, 1.165) is 66.1 Å². The number of amides is 2. The molecule has 0 aliphatic carbocycles. The lowest BCUT2D eigenvalue weighted by Crippen LogP contribution is -2.53. The first kappa shape index (κ1) is 27.0. The van der Waals surface area contributed by atoms with Crippen molar-refractivity contribution >= 4 is 33.4 Å². The minimum atomic E-state index is -0.444. The van der Waals surface area contributed by atoms with Crippen molar-refractivity contribution in [3.8, 4) is 5.75 Å². The number of likely N-dealkylation sites (tertiary alicyclic amines) is 1. The highest BCUT2D eigenvalue weighted by molar-refractivity contribution is 7.18. The number of fused-ring (bicyclic) bond motifs is 3. The van der Waals surface area contributed by atoms with Gasteiger partial charge in [-0.1, -0.05) is 24.6 Å². The fourth-order valence-corrected chi connectivity index (χ4v) is 7.77. The second kappa shape index (κ2) is 11.0. The summed E-state index contributed by atoms with van der Waals surface area (Å²) in [7, 11) is 0. The molecule has 2 fully saturated rings. The van der Waals surface area contributed by atoms with Crippen LogP contribution in [0.15, 0.2) is 35.4 Å². The average molecular weight is 563 g/mol. The van der Waals surface area contributed by atoms with Crippen molar-refractivity contribution in [2.24, 2.45) is 5.41 Å². The van der Waals surface area contributed by atoms with Gasteiger partial charge in [0.2, 0.25) is 11.8 Å². The van der Waals surface area contributed by atoms with E-state index in [1.165, 1.54) is 27.8 Å². The Balaban J connectivity index is 1.17. The summed E-state index contributed by atoms with van der Waals surface area (Å²) in [4.78, 5) is 50.8. The summed E-state index contributed by atoms with van der Waals surface area (Å²) in [5, 5.41) is 0.612. The number of nitrogens with zero attached hydrogens (tertiary/aromatic N) is 4. The number of benzene rings is 1. The molecule has 5 heterocycles. The molecule has 1 aromatic carbocycles. The Morgan fingerprint density at radius 3 is 2.70 bits per heavy atom. The number of piperidine rings is 1. The molecule has 0 saturated carbocycles. The predicted molar refractivity (Wildman–Crippen MR) is 156 cm³/mol. The maximum absolute atomic E-state index is 14.2. The van der Waals surface area contributed by atoms with Crippen LogP contribution in [0, 0.1) is 19.3 Å². The maximum Gasteiger partial charge on any atom is 0.262 e. The van der Waals surface area contributed by atoms with Gasteiger partial charge in [0.15, 0.2) is 0 Å². The number of ether oxygens (including phenoxy) is 1. The molecule has 2 aromatic heterocycles. The Hall–Kier alpha value is -3.20. The van der Waals surface area contributed by atoms with E-state index in [4.69, 9.17) is 4.74 Å². The van der Waals surface area contributed by atoms with Gasteiger partial charge >= 0.3 is 0 Å². The van der Waals surface area contributed by atoms with Crippen molar-refractivity contribution < 1.29 is 14.3 Å². The number of thiophene rings is 1. The number of aryl methyl sites for hydroxylation is 3. The van der Waals surface area contributed by atoms with Crippen LogP contribution in [0.1, 0.15) is 60.9 Å². The summed E-state index contributed by atoms with van der Waals surface area (Å²) in [6, 6.07) is 8.37. The van der Waals surface area contributed by atoms with Gasteiger partial charge in [-0.3, -0.25) is 19.0 Å². The number of rotatable bonds is 2. The van der Waals surface area contributed by atoms with Crippen LogP contribution < -0.4 is 10.3 Å². The Morgan fingerprint density at radius 1 is 1.07 bits per heavy atom. The highest BCUT2D eigenvalue weighted by Crippen LogP contribution is 2.41. The van der Waals surface area contributed by atoms with Crippen LogP contribution >= 0.6 is 11.3 Å². The third-order valence-electron chi connectivity index (χ3n) is 9.38. The highest BCUT2D eigenvalue weighted by atomic mass is 32.1. The zero-order valence-electron chi connectivity index (χ0n) is 23.5. The molecular formula is C31H38N4O4S. The summed E-state index contributed by atoms with van der Waals surface area (Å²) in [6.45, 7) is 6.26. The Bertz CT molecular complexity index is 1490. The van der Waals surface area contributed by atoms with Crippen molar-refractivity contribution in [3.63, 3.8) is 0 Å². The summed E-state index contributed by atoms with van der Waals surface area (Å²) in [5.41, 5.74) is 1.58. The first-order chi connectivity index (χ1) is 19.4. The van der Waals surface area contributed by atoms with Crippen LogP contribution in [0.4, 0.5) is 0 Å². The van der Waals surface area contributed by atoms with E-state index in [0.29, 0.717) is 37.9 Å². The van der Waals surface area contributed by atoms with Crippen molar-refractivity contribution in [1.29, 1.82) is 0 Å². The van der Waals surface area contributed by atoms with E-state index in [2.05, 4.69) is 22.0 Å².